The van der Waals surface area contributed by atoms with Crippen LogP contribution in [0.25, 0.3) is 16.9 Å². The Kier molecular flexibility index (Phi) is 4.92. The van der Waals surface area contributed by atoms with Gasteiger partial charge in [0.15, 0.2) is 5.65 Å². The van der Waals surface area contributed by atoms with Crippen LogP contribution in [0.3, 0.4) is 0 Å². The highest BCUT2D eigenvalue weighted by atomic mass is 79.9. The summed E-state index contributed by atoms with van der Waals surface area (Å²) < 4.78 is 2.94. The number of hydrogen-bond donors (Lipinski definition) is 0. The molecule has 5 rings (SSSR count). The first-order valence-electron chi connectivity index (χ1n) is 10.9. The fourth-order valence-corrected chi connectivity index (χ4v) is 5.91. The first kappa shape index (κ1) is 19.7. The fourth-order valence-electron chi connectivity index (χ4n) is 5.44. The molecule has 0 radical (unpaired) electrons. The molecule has 6 heteroatoms. The summed E-state index contributed by atoms with van der Waals surface area (Å²) >= 11 is 3.53. The molecule has 1 aliphatic heterocycles. The van der Waals surface area contributed by atoms with Gasteiger partial charge in [-0.3, -0.25) is 4.79 Å². The Balaban J connectivity index is 1.53. The first-order chi connectivity index (χ1) is 14.5. The van der Waals surface area contributed by atoms with Crippen molar-refractivity contribution in [3.63, 3.8) is 0 Å². The minimum Gasteiger partial charge on any atom is -0.334 e. The van der Waals surface area contributed by atoms with E-state index in [-0.39, 0.29) is 5.91 Å². The summed E-state index contributed by atoms with van der Waals surface area (Å²) in [5.41, 5.74) is 5.42. The summed E-state index contributed by atoms with van der Waals surface area (Å²) in [6, 6.07) is 10.4. The van der Waals surface area contributed by atoms with Crippen LogP contribution in [0.5, 0.6) is 0 Å². The molecule has 0 N–H and O–H groups in total. The van der Waals surface area contributed by atoms with Crippen molar-refractivity contribution in [1.82, 2.24) is 19.5 Å². The second-order valence-electron chi connectivity index (χ2n) is 8.80. The lowest BCUT2D eigenvalue weighted by atomic mass is 9.95. The monoisotopic (exact) mass is 466 g/mol. The molecule has 3 heterocycles. The van der Waals surface area contributed by atoms with Crippen LogP contribution in [0.15, 0.2) is 34.8 Å². The van der Waals surface area contributed by atoms with E-state index < -0.39 is 0 Å². The number of rotatable bonds is 3. The molecule has 0 unspecified atom stereocenters. The minimum absolute atomic E-state index is 0.0664. The number of aromatic nitrogens is 3. The number of carbonyl (C=O) groups excluding carboxylic acids is 1. The lowest BCUT2D eigenvalue weighted by molar-refractivity contribution is 0.0720. The van der Waals surface area contributed by atoms with E-state index in [1.54, 1.807) is 0 Å². The summed E-state index contributed by atoms with van der Waals surface area (Å²) in [6.07, 6.45) is 4.60. The predicted octanol–water partition coefficient (Wildman–Crippen LogP) is 5.29. The number of hydrogen-bond acceptors (Lipinski definition) is 3. The van der Waals surface area contributed by atoms with Crippen molar-refractivity contribution in [3.8, 4) is 11.3 Å². The zero-order valence-electron chi connectivity index (χ0n) is 17.7. The molecule has 3 aromatic rings. The maximum Gasteiger partial charge on any atom is 0.272 e. The van der Waals surface area contributed by atoms with Crippen molar-refractivity contribution in [3.05, 3.63) is 51.8 Å². The summed E-state index contributed by atoms with van der Waals surface area (Å²) in [4.78, 5) is 20.2. The SMILES string of the molecule is CCc1cc(C(=O)N2C[C@@H]3CCC[C@@H]3[C@H]2C)nc2cc(-c3ccc(Br)cc3C)nn12. The molecule has 0 spiro atoms. The van der Waals surface area contributed by atoms with Crippen LogP contribution in [0.4, 0.5) is 0 Å². The van der Waals surface area contributed by atoms with Gasteiger partial charge in [0.1, 0.15) is 5.69 Å². The Bertz CT molecular complexity index is 1140. The summed E-state index contributed by atoms with van der Waals surface area (Å²) in [7, 11) is 0. The molecule has 1 aliphatic carbocycles. The van der Waals surface area contributed by atoms with Crippen molar-refractivity contribution < 1.29 is 4.79 Å². The van der Waals surface area contributed by atoms with Crippen LogP contribution >= 0.6 is 15.9 Å². The molecule has 0 bridgehead atoms. The van der Waals surface area contributed by atoms with E-state index in [1.165, 1.54) is 19.3 Å². The number of likely N-dealkylation sites (tertiary alicyclic amines) is 1. The van der Waals surface area contributed by atoms with Gasteiger partial charge in [-0.05, 0) is 68.7 Å². The van der Waals surface area contributed by atoms with Gasteiger partial charge < -0.3 is 4.90 Å². The Labute approximate surface area is 185 Å². The first-order valence-corrected chi connectivity index (χ1v) is 11.7. The zero-order valence-corrected chi connectivity index (χ0v) is 19.3. The van der Waals surface area contributed by atoms with E-state index in [4.69, 9.17) is 10.1 Å². The number of benzene rings is 1. The largest absolute Gasteiger partial charge is 0.334 e. The van der Waals surface area contributed by atoms with Gasteiger partial charge in [0.25, 0.3) is 5.91 Å². The summed E-state index contributed by atoms with van der Waals surface area (Å²) in [5, 5.41) is 4.82. The van der Waals surface area contributed by atoms with Crippen LogP contribution in [-0.4, -0.2) is 38.0 Å². The molecule has 3 atom stereocenters. The Morgan fingerprint density at radius 2 is 2.07 bits per heavy atom. The molecule has 1 aromatic carbocycles. The molecule has 30 heavy (non-hydrogen) atoms. The van der Waals surface area contributed by atoms with Crippen molar-refractivity contribution in [2.24, 2.45) is 11.8 Å². The number of carbonyl (C=O) groups is 1. The molecule has 1 saturated heterocycles. The normalized spacial score (nSPS) is 23.3. The third-order valence-corrected chi connectivity index (χ3v) is 7.56. The highest BCUT2D eigenvalue weighted by Crippen LogP contribution is 2.42. The second kappa shape index (κ2) is 7.49. The number of amides is 1. The summed E-state index contributed by atoms with van der Waals surface area (Å²) in [5.74, 6) is 1.39. The van der Waals surface area contributed by atoms with E-state index in [0.717, 1.165) is 45.6 Å². The van der Waals surface area contributed by atoms with E-state index >= 15 is 0 Å². The van der Waals surface area contributed by atoms with E-state index in [1.807, 2.05) is 22.7 Å². The van der Waals surface area contributed by atoms with Crippen LogP contribution in [0.2, 0.25) is 0 Å². The predicted molar refractivity (Wildman–Crippen MR) is 122 cm³/mol. The fraction of sp³-hybridized carbons (Fsp3) is 0.458. The van der Waals surface area contributed by atoms with Gasteiger partial charge in [0.05, 0.1) is 5.69 Å². The number of aryl methyl sites for hydroxylation is 2. The van der Waals surface area contributed by atoms with Gasteiger partial charge in [-0.15, -0.1) is 0 Å². The molecule has 2 aromatic heterocycles. The average Bonchev–Trinajstić information content (AvgIpc) is 3.42. The van der Waals surface area contributed by atoms with Crippen LogP contribution in [0, 0.1) is 18.8 Å². The Hall–Kier alpha value is -2.21. The lowest BCUT2D eigenvalue weighted by Crippen LogP contribution is -2.36. The van der Waals surface area contributed by atoms with Crippen molar-refractivity contribution in [2.75, 3.05) is 6.54 Å². The maximum atomic E-state index is 13.4. The van der Waals surface area contributed by atoms with Crippen LogP contribution < -0.4 is 0 Å². The highest BCUT2D eigenvalue weighted by Gasteiger charge is 2.44. The van der Waals surface area contributed by atoms with Gasteiger partial charge in [-0.2, -0.15) is 5.10 Å². The van der Waals surface area contributed by atoms with Gasteiger partial charge >= 0.3 is 0 Å². The Morgan fingerprint density at radius 3 is 2.80 bits per heavy atom. The third kappa shape index (κ3) is 3.16. The molecular weight excluding hydrogens is 440 g/mol. The van der Waals surface area contributed by atoms with Crippen molar-refractivity contribution >= 4 is 27.5 Å². The number of fused-ring (bicyclic) bond motifs is 2. The van der Waals surface area contributed by atoms with Crippen LogP contribution in [-0.2, 0) is 6.42 Å². The molecule has 2 aliphatic rings. The van der Waals surface area contributed by atoms with E-state index in [0.29, 0.717) is 23.6 Å². The van der Waals surface area contributed by atoms with Gasteiger partial charge in [0, 0.05) is 34.4 Å². The smallest absolute Gasteiger partial charge is 0.272 e. The molecule has 5 nitrogen and oxygen atoms in total. The Morgan fingerprint density at radius 1 is 1.23 bits per heavy atom. The molecule has 1 saturated carbocycles. The quantitative estimate of drug-likeness (QED) is 0.526. The van der Waals surface area contributed by atoms with Crippen LogP contribution in [0.1, 0.15) is 54.9 Å². The lowest BCUT2D eigenvalue weighted by Gasteiger charge is -2.24. The van der Waals surface area contributed by atoms with E-state index in [9.17, 15) is 4.79 Å². The highest BCUT2D eigenvalue weighted by molar-refractivity contribution is 9.10. The maximum absolute atomic E-state index is 13.4. The van der Waals surface area contributed by atoms with Gasteiger partial charge in [0.2, 0.25) is 0 Å². The summed E-state index contributed by atoms with van der Waals surface area (Å²) in [6.45, 7) is 7.26. The third-order valence-electron chi connectivity index (χ3n) is 7.07. The topological polar surface area (TPSA) is 50.5 Å². The standard InChI is InChI=1S/C24H27BrN4O/c1-4-18-11-22(24(30)28-13-16-6-5-7-20(16)15(28)3)26-23-12-21(27-29(18)23)19-9-8-17(25)10-14(19)2/h8-12,15-16,20H,4-7,13H2,1-3H3/t15-,16+,20-/m1/s1. The van der Waals surface area contributed by atoms with Crippen molar-refractivity contribution in [2.45, 2.75) is 52.5 Å². The minimum atomic E-state index is 0.0664. The molecular formula is C24H27BrN4O. The zero-order chi connectivity index (χ0) is 21.0. The molecule has 1 amide bonds. The van der Waals surface area contributed by atoms with E-state index in [2.05, 4.69) is 53.7 Å². The van der Waals surface area contributed by atoms with Gasteiger partial charge in [-0.25, -0.2) is 9.50 Å². The molecule has 156 valence electrons. The van der Waals surface area contributed by atoms with Crippen molar-refractivity contribution in [1.29, 1.82) is 0 Å². The second-order valence-corrected chi connectivity index (χ2v) is 9.71. The number of halogens is 1. The average molecular weight is 467 g/mol. The number of nitrogens with zero attached hydrogens (tertiary/aromatic N) is 4. The van der Waals surface area contributed by atoms with Gasteiger partial charge in [-0.1, -0.05) is 35.3 Å². The molecule has 2 fully saturated rings.